The SMILES string of the molecule is CCC1CSC2(N1)C1CC3CC(C1)CC2C3. The summed E-state index contributed by atoms with van der Waals surface area (Å²) in [5, 5.41) is 4.06. The van der Waals surface area contributed by atoms with Gasteiger partial charge in [-0.25, -0.2) is 0 Å². The molecule has 1 N–H and O–H groups in total. The van der Waals surface area contributed by atoms with Gasteiger partial charge in [0.15, 0.2) is 0 Å². The predicted octanol–water partition coefficient (Wildman–Crippen LogP) is 3.25. The van der Waals surface area contributed by atoms with E-state index in [4.69, 9.17) is 0 Å². The van der Waals surface area contributed by atoms with Crippen LogP contribution in [0, 0.1) is 23.7 Å². The zero-order valence-electron chi connectivity index (χ0n) is 10.2. The van der Waals surface area contributed by atoms with Gasteiger partial charge in [-0.2, -0.15) is 0 Å². The van der Waals surface area contributed by atoms with E-state index >= 15 is 0 Å². The minimum absolute atomic E-state index is 0.536. The van der Waals surface area contributed by atoms with Crippen molar-refractivity contribution in [1.29, 1.82) is 0 Å². The summed E-state index contributed by atoms with van der Waals surface area (Å²) in [5.74, 6) is 5.63. The molecule has 16 heavy (non-hydrogen) atoms. The molecule has 4 aliphatic carbocycles. The van der Waals surface area contributed by atoms with Crippen LogP contribution in [0.2, 0.25) is 0 Å². The third-order valence-electron chi connectivity index (χ3n) is 5.80. The highest BCUT2D eigenvalue weighted by Gasteiger charge is 2.59. The molecule has 90 valence electrons. The summed E-state index contributed by atoms with van der Waals surface area (Å²) in [6, 6.07) is 0.808. The first-order chi connectivity index (χ1) is 7.80. The molecule has 1 saturated heterocycles. The molecule has 1 aliphatic heterocycles. The van der Waals surface area contributed by atoms with Gasteiger partial charge >= 0.3 is 0 Å². The molecule has 1 nitrogen and oxygen atoms in total. The molecule has 5 fully saturated rings. The van der Waals surface area contributed by atoms with Crippen molar-refractivity contribution in [2.75, 3.05) is 5.75 Å². The molecule has 0 aromatic carbocycles. The number of thioether (sulfide) groups is 1. The van der Waals surface area contributed by atoms with E-state index in [9.17, 15) is 0 Å². The second kappa shape index (κ2) is 3.41. The summed E-state index contributed by atoms with van der Waals surface area (Å²) < 4.78 is 0. The lowest BCUT2D eigenvalue weighted by molar-refractivity contribution is -0.0295. The smallest absolute Gasteiger partial charge is 0.0705 e. The maximum Gasteiger partial charge on any atom is 0.0705 e. The van der Waals surface area contributed by atoms with Gasteiger partial charge in [0, 0.05) is 11.8 Å². The Balaban J connectivity index is 1.64. The third kappa shape index (κ3) is 1.23. The molecule has 0 radical (unpaired) electrons. The summed E-state index contributed by atoms with van der Waals surface area (Å²) in [4.78, 5) is 0.536. The van der Waals surface area contributed by atoms with Crippen LogP contribution in [0.4, 0.5) is 0 Å². The van der Waals surface area contributed by atoms with Gasteiger partial charge in [0.2, 0.25) is 0 Å². The Kier molecular flexibility index (Phi) is 2.19. The van der Waals surface area contributed by atoms with Gasteiger partial charge in [-0.05, 0) is 62.2 Å². The Morgan fingerprint density at radius 2 is 1.69 bits per heavy atom. The molecule has 0 aromatic rings. The zero-order valence-corrected chi connectivity index (χ0v) is 11.1. The van der Waals surface area contributed by atoms with Crippen LogP contribution in [0.25, 0.3) is 0 Å². The summed E-state index contributed by atoms with van der Waals surface area (Å²) in [5.41, 5.74) is 0. The molecule has 5 rings (SSSR count). The van der Waals surface area contributed by atoms with E-state index in [1.54, 1.807) is 32.1 Å². The topological polar surface area (TPSA) is 12.0 Å². The van der Waals surface area contributed by atoms with Crippen molar-refractivity contribution in [2.24, 2.45) is 23.7 Å². The highest BCUT2D eigenvalue weighted by Crippen LogP contribution is 2.63. The highest BCUT2D eigenvalue weighted by atomic mass is 32.2. The molecule has 4 bridgehead atoms. The van der Waals surface area contributed by atoms with Gasteiger partial charge in [-0.1, -0.05) is 6.92 Å². The molecular weight excluding hydrogens is 214 g/mol. The lowest BCUT2D eigenvalue weighted by Gasteiger charge is -2.59. The zero-order chi connectivity index (χ0) is 10.8. The Morgan fingerprint density at radius 1 is 1.06 bits per heavy atom. The van der Waals surface area contributed by atoms with Crippen LogP contribution >= 0.6 is 11.8 Å². The largest absolute Gasteiger partial charge is 0.299 e. The van der Waals surface area contributed by atoms with E-state index < -0.39 is 0 Å². The van der Waals surface area contributed by atoms with Crippen LogP contribution in [0.3, 0.4) is 0 Å². The van der Waals surface area contributed by atoms with Crippen molar-refractivity contribution in [1.82, 2.24) is 5.32 Å². The van der Waals surface area contributed by atoms with Crippen LogP contribution < -0.4 is 5.32 Å². The van der Waals surface area contributed by atoms with Crippen LogP contribution in [-0.4, -0.2) is 16.7 Å². The summed E-state index contributed by atoms with van der Waals surface area (Å²) in [7, 11) is 0. The first-order valence-corrected chi connectivity index (χ1v) is 8.20. The quantitative estimate of drug-likeness (QED) is 0.751. The normalized spacial score (nSPS) is 58.7. The molecule has 1 atom stereocenters. The van der Waals surface area contributed by atoms with Crippen molar-refractivity contribution >= 4 is 11.8 Å². The molecule has 1 heterocycles. The summed E-state index contributed by atoms with van der Waals surface area (Å²) in [6.07, 6.45) is 9.08. The molecule has 4 saturated carbocycles. The van der Waals surface area contributed by atoms with Crippen LogP contribution in [0.5, 0.6) is 0 Å². The van der Waals surface area contributed by atoms with Crippen LogP contribution in [-0.2, 0) is 0 Å². The minimum Gasteiger partial charge on any atom is -0.299 e. The second-order valence-electron chi connectivity index (χ2n) is 6.66. The Labute approximate surface area is 103 Å². The number of rotatable bonds is 1. The standard InChI is InChI=1S/C14H23NS/c1-2-13-8-16-14(15-13)11-4-9-3-10(6-11)7-12(14)5-9/h9-13,15H,2-8H2,1H3. The van der Waals surface area contributed by atoms with Crippen LogP contribution in [0.15, 0.2) is 0 Å². The van der Waals surface area contributed by atoms with Crippen molar-refractivity contribution in [3.63, 3.8) is 0 Å². The average molecular weight is 237 g/mol. The van der Waals surface area contributed by atoms with Crippen molar-refractivity contribution in [2.45, 2.75) is 56.4 Å². The van der Waals surface area contributed by atoms with E-state index in [2.05, 4.69) is 24.0 Å². The maximum absolute atomic E-state index is 4.06. The Morgan fingerprint density at radius 3 is 2.19 bits per heavy atom. The summed E-state index contributed by atoms with van der Waals surface area (Å²) >= 11 is 2.30. The Hall–Kier alpha value is 0.310. The third-order valence-corrected chi connectivity index (χ3v) is 7.63. The number of hydrogen-bond acceptors (Lipinski definition) is 2. The Bertz CT molecular complexity index is 273. The fraction of sp³-hybridized carbons (Fsp3) is 1.00. The molecule has 1 spiro atoms. The van der Waals surface area contributed by atoms with E-state index in [0.717, 1.165) is 29.7 Å². The molecule has 1 unspecified atom stereocenters. The van der Waals surface area contributed by atoms with Gasteiger partial charge in [0.25, 0.3) is 0 Å². The lowest BCUT2D eigenvalue weighted by atomic mass is 9.53. The van der Waals surface area contributed by atoms with Crippen molar-refractivity contribution in [3.05, 3.63) is 0 Å². The first-order valence-electron chi connectivity index (χ1n) is 7.21. The minimum atomic E-state index is 0.536. The molecule has 5 aliphatic rings. The fourth-order valence-electron chi connectivity index (χ4n) is 5.22. The van der Waals surface area contributed by atoms with Gasteiger partial charge in [0.1, 0.15) is 0 Å². The van der Waals surface area contributed by atoms with E-state index in [-0.39, 0.29) is 0 Å². The first kappa shape index (κ1) is 10.3. The molecule has 2 heteroatoms. The van der Waals surface area contributed by atoms with Gasteiger partial charge in [-0.15, -0.1) is 11.8 Å². The maximum atomic E-state index is 4.06. The molecule has 0 aromatic heterocycles. The van der Waals surface area contributed by atoms with Gasteiger partial charge < -0.3 is 0 Å². The van der Waals surface area contributed by atoms with Crippen molar-refractivity contribution in [3.8, 4) is 0 Å². The van der Waals surface area contributed by atoms with E-state index in [0.29, 0.717) is 4.87 Å². The molecule has 0 amide bonds. The van der Waals surface area contributed by atoms with E-state index in [1.165, 1.54) is 12.2 Å². The molecular formula is C14H23NS. The summed E-state index contributed by atoms with van der Waals surface area (Å²) in [6.45, 7) is 2.34. The lowest BCUT2D eigenvalue weighted by Crippen LogP contribution is -2.61. The predicted molar refractivity (Wildman–Crippen MR) is 69.4 cm³/mol. The van der Waals surface area contributed by atoms with Gasteiger partial charge in [0.05, 0.1) is 4.87 Å². The number of hydrogen-bond donors (Lipinski definition) is 1. The van der Waals surface area contributed by atoms with Crippen LogP contribution in [0.1, 0.15) is 45.4 Å². The van der Waals surface area contributed by atoms with Gasteiger partial charge in [-0.3, -0.25) is 5.32 Å². The van der Waals surface area contributed by atoms with Crippen molar-refractivity contribution < 1.29 is 0 Å². The highest BCUT2D eigenvalue weighted by molar-refractivity contribution is 8.01. The number of nitrogens with one attached hydrogen (secondary N) is 1. The monoisotopic (exact) mass is 237 g/mol. The average Bonchev–Trinajstić information content (AvgIpc) is 2.70. The fourth-order valence-corrected chi connectivity index (χ4v) is 7.12. The second-order valence-corrected chi connectivity index (χ2v) is 7.96. The van der Waals surface area contributed by atoms with E-state index in [1.807, 2.05) is 0 Å².